The van der Waals surface area contributed by atoms with Crippen LogP contribution in [0.25, 0.3) is 0 Å². The molecule has 0 aliphatic heterocycles. The van der Waals surface area contributed by atoms with Crippen LogP contribution in [0.2, 0.25) is 0 Å². The molecule has 3 aromatic carbocycles. The highest BCUT2D eigenvalue weighted by Crippen LogP contribution is 2.26. The van der Waals surface area contributed by atoms with E-state index in [1.165, 1.54) is 25.3 Å². The van der Waals surface area contributed by atoms with Crippen molar-refractivity contribution in [1.82, 2.24) is 4.72 Å². The molecular weight excluding hydrogens is 428 g/mol. The molecule has 0 atom stereocenters. The van der Waals surface area contributed by atoms with Gasteiger partial charge >= 0.3 is 0 Å². The van der Waals surface area contributed by atoms with Gasteiger partial charge in [-0.15, -0.1) is 0 Å². The van der Waals surface area contributed by atoms with Crippen molar-refractivity contribution in [2.45, 2.75) is 31.4 Å². The molecule has 0 unspecified atom stereocenters. The van der Waals surface area contributed by atoms with Crippen molar-refractivity contribution in [3.05, 3.63) is 83.9 Å². The van der Waals surface area contributed by atoms with Crippen molar-refractivity contribution < 1.29 is 22.7 Å². The number of ether oxygens (including phenoxy) is 2. The van der Waals surface area contributed by atoms with Gasteiger partial charge in [0.1, 0.15) is 23.0 Å². The van der Waals surface area contributed by atoms with E-state index in [0.717, 1.165) is 5.56 Å². The molecule has 7 nitrogen and oxygen atoms in total. The number of hydrogen-bond acceptors (Lipinski definition) is 5. The summed E-state index contributed by atoms with van der Waals surface area (Å²) in [6.45, 7) is 3.88. The van der Waals surface area contributed by atoms with Crippen molar-refractivity contribution in [1.29, 1.82) is 0 Å². The van der Waals surface area contributed by atoms with Gasteiger partial charge in [0.25, 0.3) is 5.91 Å². The fraction of sp³-hybridized carbons (Fsp3) is 0.208. The fourth-order valence-electron chi connectivity index (χ4n) is 2.98. The lowest BCUT2D eigenvalue weighted by atomic mass is 10.2. The van der Waals surface area contributed by atoms with Crippen LogP contribution < -0.4 is 19.5 Å². The third-order valence-corrected chi connectivity index (χ3v) is 6.15. The molecule has 32 heavy (non-hydrogen) atoms. The molecule has 1 amide bonds. The van der Waals surface area contributed by atoms with Crippen LogP contribution in [0.15, 0.2) is 77.7 Å². The lowest BCUT2D eigenvalue weighted by Gasteiger charge is -2.14. The quantitative estimate of drug-likeness (QED) is 0.505. The zero-order chi connectivity index (χ0) is 23.1. The number of hydrogen-bond donors (Lipinski definition) is 2. The summed E-state index contributed by atoms with van der Waals surface area (Å²) in [7, 11) is -2.46. The highest BCUT2D eigenvalue weighted by molar-refractivity contribution is 7.89. The zero-order valence-electron chi connectivity index (χ0n) is 18.2. The summed E-state index contributed by atoms with van der Waals surface area (Å²) in [5, 5.41) is 2.77. The summed E-state index contributed by atoms with van der Waals surface area (Å²) in [6, 6.07) is 20.7. The maximum absolute atomic E-state index is 12.7. The SMILES string of the molecule is COc1ccc(C(=O)Nc2ccc(OCc3ccccc3)cc2)cc1S(=O)(=O)NC(C)C. The topological polar surface area (TPSA) is 93.7 Å². The maximum atomic E-state index is 12.7. The van der Waals surface area contributed by atoms with Gasteiger partial charge in [-0.05, 0) is 61.9 Å². The summed E-state index contributed by atoms with van der Waals surface area (Å²) < 4.78 is 38.7. The molecule has 168 valence electrons. The Labute approximate surface area is 188 Å². The molecule has 0 aliphatic carbocycles. The van der Waals surface area contributed by atoms with Gasteiger partial charge < -0.3 is 14.8 Å². The first kappa shape index (κ1) is 23.3. The van der Waals surface area contributed by atoms with Gasteiger partial charge in [-0.3, -0.25) is 4.79 Å². The molecule has 0 bridgehead atoms. The average Bonchev–Trinajstić information content (AvgIpc) is 2.78. The number of rotatable bonds is 9. The number of benzene rings is 3. The minimum Gasteiger partial charge on any atom is -0.495 e. The molecule has 0 aromatic heterocycles. The number of anilines is 1. The lowest BCUT2D eigenvalue weighted by Crippen LogP contribution is -2.30. The van der Waals surface area contributed by atoms with Gasteiger partial charge in [-0.25, -0.2) is 13.1 Å². The number of nitrogens with one attached hydrogen (secondary N) is 2. The van der Waals surface area contributed by atoms with Crippen molar-refractivity contribution in [2.24, 2.45) is 0 Å². The Kier molecular flexibility index (Phi) is 7.50. The van der Waals surface area contributed by atoms with Crippen LogP contribution in [-0.2, 0) is 16.6 Å². The molecule has 3 aromatic rings. The minimum atomic E-state index is -3.84. The van der Waals surface area contributed by atoms with Gasteiger partial charge in [0.2, 0.25) is 10.0 Å². The highest BCUT2D eigenvalue weighted by Gasteiger charge is 2.22. The summed E-state index contributed by atoms with van der Waals surface area (Å²) in [6.07, 6.45) is 0. The second-order valence-corrected chi connectivity index (χ2v) is 9.08. The first-order chi connectivity index (χ1) is 15.3. The predicted molar refractivity (Wildman–Crippen MR) is 124 cm³/mol. The van der Waals surface area contributed by atoms with Crippen LogP contribution in [0.3, 0.4) is 0 Å². The fourth-order valence-corrected chi connectivity index (χ4v) is 4.43. The van der Waals surface area contributed by atoms with Crippen LogP contribution in [-0.4, -0.2) is 27.5 Å². The molecule has 3 rings (SSSR count). The standard InChI is InChI=1S/C24H26N2O5S/c1-17(2)26-32(28,29)23-15-19(9-14-22(23)30-3)24(27)25-20-10-12-21(13-11-20)31-16-18-7-5-4-6-8-18/h4-15,17,26H,16H2,1-3H3,(H,25,27). The van der Waals surface area contributed by atoms with E-state index in [1.54, 1.807) is 38.1 Å². The second kappa shape index (κ2) is 10.3. The van der Waals surface area contributed by atoms with Crippen LogP contribution in [0.4, 0.5) is 5.69 Å². The Hall–Kier alpha value is -3.36. The van der Waals surface area contributed by atoms with Crippen molar-refractivity contribution >= 4 is 21.6 Å². The summed E-state index contributed by atoms with van der Waals surface area (Å²) in [5.41, 5.74) is 1.81. The number of amides is 1. The van der Waals surface area contributed by atoms with E-state index < -0.39 is 15.9 Å². The minimum absolute atomic E-state index is 0.0917. The van der Waals surface area contributed by atoms with E-state index in [4.69, 9.17) is 9.47 Å². The van der Waals surface area contributed by atoms with E-state index in [9.17, 15) is 13.2 Å². The van der Waals surface area contributed by atoms with Crippen LogP contribution in [0, 0.1) is 0 Å². The monoisotopic (exact) mass is 454 g/mol. The Morgan fingerprint density at radius 3 is 2.28 bits per heavy atom. The van der Waals surface area contributed by atoms with E-state index in [2.05, 4.69) is 10.0 Å². The molecule has 2 N–H and O–H groups in total. The smallest absolute Gasteiger partial charge is 0.255 e. The van der Waals surface area contributed by atoms with E-state index in [-0.39, 0.29) is 22.3 Å². The van der Waals surface area contributed by atoms with Gasteiger partial charge in [0.05, 0.1) is 7.11 Å². The molecular formula is C24H26N2O5S. The summed E-state index contributed by atoms with van der Waals surface area (Å²) in [4.78, 5) is 12.6. The molecule has 0 spiro atoms. The third kappa shape index (κ3) is 6.09. The lowest BCUT2D eigenvalue weighted by molar-refractivity contribution is 0.102. The first-order valence-electron chi connectivity index (χ1n) is 10.1. The van der Waals surface area contributed by atoms with Crippen LogP contribution >= 0.6 is 0 Å². The Morgan fingerprint density at radius 2 is 1.66 bits per heavy atom. The van der Waals surface area contributed by atoms with Gasteiger partial charge in [-0.1, -0.05) is 30.3 Å². The summed E-state index contributed by atoms with van der Waals surface area (Å²) in [5.74, 6) is 0.394. The van der Waals surface area contributed by atoms with E-state index >= 15 is 0 Å². The first-order valence-corrected chi connectivity index (χ1v) is 11.6. The van der Waals surface area contributed by atoms with Crippen molar-refractivity contribution in [2.75, 3.05) is 12.4 Å². The van der Waals surface area contributed by atoms with E-state index in [0.29, 0.717) is 18.0 Å². The average molecular weight is 455 g/mol. The predicted octanol–water partition coefficient (Wildman–Crippen LogP) is 4.21. The molecule has 0 saturated carbocycles. The Morgan fingerprint density at radius 1 is 0.969 bits per heavy atom. The molecule has 8 heteroatoms. The van der Waals surface area contributed by atoms with E-state index in [1.807, 2.05) is 30.3 Å². The molecule has 0 radical (unpaired) electrons. The normalized spacial score (nSPS) is 11.2. The maximum Gasteiger partial charge on any atom is 0.255 e. The number of sulfonamides is 1. The number of methoxy groups -OCH3 is 1. The van der Waals surface area contributed by atoms with Gasteiger partial charge in [0, 0.05) is 17.3 Å². The molecule has 0 heterocycles. The van der Waals surface area contributed by atoms with Crippen LogP contribution in [0.5, 0.6) is 11.5 Å². The Bertz CT molecular complexity index is 1160. The van der Waals surface area contributed by atoms with Gasteiger partial charge in [-0.2, -0.15) is 0 Å². The zero-order valence-corrected chi connectivity index (χ0v) is 19.0. The summed E-state index contributed by atoms with van der Waals surface area (Å²) >= 11 is 0. The van der Waals surface area contributed by atoms with Crippen molar-refractivity contribution in [3.63, 3.8) is 0 Å². The van der Waals surface area contributed by atoms with Gasteiger partial charge in [0.15, 0.2) is 0 Å². The number of carbonyl (C=O) groups is 1. The Balaban J connectivity index is 1.70. The third-order valence-electron chi connectivity index (χ3n) is 4.47. The molecule has 0 saturated heterocycles. The van der Waals surface area contributed by atoms with Crippen LogP contribution in [0.1, 0.15) is 29.8 Å². The largest absolute Gasteiger partial charge is 0.495 e. The molecule has 0 fully saturated rings. The molecule has 0 aliphatic rings. The van der Waals surface area contributed by atoms with Crippen molar-refractivity contribution in [3.8, 4) is 11.5 Å². The second-order valence-electron chi connectivity index (χ2n) is 7.39. The highest BCUT2D eigenvalue weighted by atomic mass is 32.2. The number of carbonyl (C=O) groups excluding carboxylic acids is 1.